The Bertz CT molecular complexity index is 1270. The number of ether oxygens (including phenoxy) is 3. The molecular formula is C41H67NO10S2. The van der Waals surface area contributed by atoms with E-state index in [0.29, 0.717) is 31.0 Å². The second-order valence-electron chi connectivity index (χ2n) is 14.1. The monoisotopic (exact) mass is 797 g/mol. The molecule has 0 fully saturated rings. The molecule has 2 rings (SSSR count). The van der Waals surface area contributed by atoms with Crippen molar-refractivity contribution in [2.24, 2.45) is 11.3 Å². The first-order valence-corrected chi connectivity index (χ1v) is 20.4. The molecule has 1 aromatic carbocycles. The molecule has 0 heterocycles. The maximum atomic E-state index is 13.0. The van der Waals surface area contributed by atoms with Gasteiger partial charge in [-0.25, -0.2) is 4.79 Å². The Morgan fingerprint density at radius 3 is 1.98 bits per heavy atom. The van der Waals surface area contributed by atoms with E-state index in [-0.39, 0.29) is 24.5 Å². The lowest BCUT2D eigenvalue weighted by atomic mass is 9.81. The summed E-state index contributed by atoms with van der Waals surface area (Å²) in [6, 6.07) is 9.02. The summed E-state index contributed by atoms with van der Waals surface area (Å²) in [6.45, 7) is 24.9. The Morgan fingerprint density at radius 2 is 1.57 bits per heavy atom. The zero-order valence-corrected chi connectivity index (χ0v) is 36.2. The van der Waals surface area contributed by atoms with Crippen LogP contribution in [-0.2, 0) is 33.4 Å². The maximum Gasteiger partial charge on any atom is 0.505 e. The third-order valence-corrected chi connectivity index (χ3v) is 9.30. The number of nitrogens with one attached hydrogen (secondary N) is 1. The van der Waals surface area contributed by atoms with Gasteiger partial charge in [0, 0.05) is 31.8 Å². The molecule has 4 atom stereocenters. The van der Waals surface area contributed by atoms with Crippen LogP contribution in [0.5, 0.6) is 0 Å². The molecule has 1 aliphatic rings. The molecule has 1 aliphatic carbocycles. The molecule has 0 unspecified atom stereocenters. The van der Waals surface area contributed by atoms with Gasteiger partial charge in [-0.15, -0.1) is 0 Å². The van der Waals surface area contributed by atoms with E-state index in [1.807, 2.05) is 51.1 Å². The van der Waals surface area contributed by atoms with E-state index in [1.165, 1.54) is 27.0 Å². The SMILES string of the molecule is C=C/C=C/C=O.CC(C)(C)C.CCCSSCCOC(=O)O.CC[C@@H](C(=O)O[C@H]1C[C@](C)(O)CC(C)=C1C)[C@@H](NC(C)=O)c1ccccc1.COC(C)=O. The minimum Gasteiger partial charge on any atom is -0.469 e. The van der Waals surface area contributed by atoms with Crippen molar-refractivity contribution in [3.8, 4) is 0 Å². The van der Waals surface area contributed by atoms with E-state index in [4.69, 9.17) is 9.84 Å². The van der Waals surface area contributed by atoms with E-state index in [1.54, 1.807) is 40.7 Å². The molecule has 0 aromatic heterocycles. The number of methoxy groups -OCH3 is 1. The van der Waals surface area contributed by atoms with Crippen molar-refractivity contribution >= 4 is 51.9 Å². The standard InChI is InChI=1S/C22H31NO4.C6H12O3S2.C5H6O.C5H12.C3H6O2/c1-6-18(20(23-16(4)24)17-10-8-7-9-11-17)21(25)27-19-13-22(5,26)12-14(2)15(19)3;1-2-4-10-11-5-3-9-6(7)8;1-2-3-4-5-6;1-5(2,3)4;1-3(4)5-2/h7-11,18-20,26H,6,12-13H2,1-5H3,(H,23,24);2-5H2,1H3,(H,7,8);2-5H,1H2;1-4H3;1-2H3/b;;4-3+;;/t18-,19+,20+,22-;;;;/m1..../s1. The molecule has 11 nitrogen and oxygen atoms in total. The maximum absolute atomic E-state index is 13.0. The lowest BCUT2D eigenvalue weighted by Crippen LogP contribution is -2.41. The Hall–Kier alpha value is -3.55. The Labute approximate surface area is 332 Å². The van der Waals surface area contributed by atoms with Crippen LogP contribution in [0.1, 0.15) is 113 Å². The minimum atomic E-state index is -1.19. The molecule has 1 aromatic rings. The molecule has 0 aliphatic heterocycles. The summed E-state index contributed by atoms with van der Waals surface area (Å²) in [7, 11) is 4.75. The number of amides is 1. The van der Waals surface area contributed by atoms with Gasteiger partial charge in [0.15, 0.2) is 0 Å². The fourth-order valence-corrected chi connectivity index (χ4v) is 6.25. The number of hydrogen-bond donors (Lipinski definition) is 3. The molecular weight excluding hydrogens is 731 g/mol. The van der Waals surface area contributed by atoms with Gasteiger partial charge in [0.1, 0.15) is 19.0 Å². The molecule has 0 bridgehead atoms. The van der Waals surface area contributed by atoms with Gasteiger partial charge in [-0.2, -0.15) is 0 Å². The average Bonchev–Trinajstić information content (AvgIpc) is 3.07. The quantitative estimate of drug-likeness (QED) is 0.0239. The number of carbonyl (C=O) groups excluding carboxylic acids is 4. The van der Waals surface area contributed by atoms with Crippen LogP contribution in [0, 0.1) is 11.3 Å². The Morgan fingerprint density at radius 1 is 1.04 bits per heavy atom. The van der Waals surface area contributed by atoms with E-state index >= 15 is 0 Å². The van der Waals surface area contributed by atoms with Crippen molar-refractivity contribution in [2.45, 2.75) is 120 Å². The smallest absolute Gasteiger partial charge is 0.469 e. The summed E-state index contributed by atoms with van der Waals surface area (Å²) in [6.07, 6.45) is 6.24. The second kappa shape index (κ2) is 31.8. The fourth-order valence-electron chi connectivity index (χ4n) is 4.29. The third-order valence-electron chi connectivity index (χ3n) is 6.72. The molecule has 3 N–H and O–H groups in total. The van der Waals surface area contributed by atoms with E-state index in [9.17, 15) is 29.1 Å². The summed E-state index contributed by atoms with van der Waals surface area (Å²) in [5, 5.41) is 21.4. The highest BCUT2D eigenvalue weighted by molar-refractivity contribution is 8.76. The molecule has 1 amide bonds. The largest absolute Gasteiger partial charge is 0.505 e. The van der Waals surface area contributed by atoms with Crippen LogP contribution >= 0.6 is 21.6 Å². The highest BCUT2D eigenvalue weighted by atomic mass is 33.1. The summed E-state index contributed by atoms with van der Waals surface area (Å²) in [4.78, 5) is 53.6. The van der Waals surface area contributed by atoms with Crippen LogP contribution in [-0.4, -0.2) is 77.4 Å². The van der Waals surface area contributed by atoms with Crippen molar-refractivity contribution in [3.63, 3.8) is 0 Å². The Balaban J connectivity index is -0.000000784. The van der Waals surface area contributed by atoms with Gasteiger partial charge in [-0.1, -0.05) is 118 Å². The molecule has 0 saturated carbocycles. The number of carboxylic acid groups (broad SMARTS) is 1. The van der Waals surface area contributed by atoms with Crippen molar-refractivity contribution in [1.29, 1.82) is 0 Å². The third kappa shape index (κ3) is 33.1. The van der Waals surface area contributed by atoms with E-state index in [0.717, 1.165) is 34.6 Å². The highest BCUT2D eigenvalue weighted by Crippen LogP contribution is 2.35. The lowest BCUT2D eigenvalue weighted by Gasteiger charge is -2.36. The number of benzene rings is 1. The van der Waals surface area contributed by atoms with E-state index < -0.39 is 29.8 Å². The van der Waals surface area contributed by atoms with Crippen LogP contribution in [0.4, 0.5) is 4.79 Å². The number of aliphatic hydroxyl groups is 1. The zero-order valence-electron chi connectivity index (χ0n) is 34.6. The lowest BCUT2D eigenvalue weighted by molar-refractivity contribution is -0.156. The van der Waals surface area contributed by atoms with Crippen molar-refractivity contribution < 1.29 is 48.4 Å². The zero-order chi connectivity index (χ0) is 42.3. The van der Waals surface area contributed by atoms with Gasteiger partial charge in [-0.3, -0.25) is 19.2 Å². The van der Waals surface area contributed by atoms with E-state index in [2.05, 4.69) is 56.0 Å². The van der Waals surface area contributed by atoms with Crippen LogP contribution in [0.2, 0.25) is 0 Å². The van der Waals surface area contributed by atoms with Gasteiger partial charge < -0.3 is 29.7 Å². The molecule has 13 heteroatoms. The van der Waals surface area contributed by atoms with Gasteiger partial charge in [0.05, 0.1) is 24.7 Å². The minimum absolute atomic E-state index is 0.192. The number of carbonyl (C=O) groups is 5. The first-order chi connectivity index (χ1) is 25.1. The summed E-state index contributed by atoms with van der Waals surface area (Å²) < 4.78 is 14.3. The van der Waals surface area contributed by atoms with Crippen LogP contribution in [0.15, 0.2) is 66.3 Å². The number of rotatable bonds is 14. The topological polar surface area (TPSA) is 166 Å². The first-order valence-electron chi connectivity index (χ1n) is 17.9. The predicted molar refractivity (Wildman–Crippen MR) is 222 cm³/mol. The molecule has 54 heavy (non-hydrogen) atoms. The number of aldehydes is 1. The highest BCUT2D eigenvalue weighted by Gasteiger charge is 2.37. The summed E-state index contributed by atoms with van der Waals surface area (Å²) in [5.41, 5.74) is 2.54. The van der Waals surface area contributed by atoms with Crippen molar-refractivity contribution in [2.75, 3.05) is 25.2 Å². The Kier molecular flexibility index (Phi) is 32.2. The van der Waals surface area contributed by atoms with Gasteiger partial charge >= 0.3 is 18.1 Å². The van der Waals surface area contributed by atoms with Crippen molar-refractivity contribution in [1.82, 2.24) is 5.32 Å². The normalized spacial score (nSPS) is 17.1. The number of allylic oxidation sites excluding steroid dienone is 3. The van der Waals surface area contributed by atoms with Crippen LogP contribution in [0.3, 0.4) is 0 Å². The van der Waals surface area contributed by atoms with Crippen LogP contribution in [0.25, 0.3) is 0 Å². The van der Waals surface area contributed by atoms with Crippen molar-refractivity contribution in [3.05, 3.63) is 71.8 Å². The fraction of sp³-hybridized carbons (Fsp3) is 0.585. The predicted octanol–water partition coefficient (Wildman–Crippen LogP) is 9.31. The number of hydrogen-bond acceptors (Lipinski definition) is 11. The molecule has 308 valence electrons. The van der Waals surface area contributed by atoms with Gasteiger partial charge in [-0.05, 0) is 62.7 Å². The second-order valence-corrected chi connectivity index (χ2v) is 16.8. The molecule has 0 saturated heterocycles. The first kappa shape index (κ1) is 54.8. The van der Waals surface area contributed by atoms with Crippen LogP contribution < -0.4 is 5.32 Å². The van der Waals surface area contributed by atoms with Gasteiger partial charge in [0.25, 0.3) is 0 Å². The summed E-state index contributed by atoms with van der Waals surface area (Å²) in [5.74, 6) is 0.549. The average molecular weight is 798 g/mol. The van der Waals surface area contributed by atoms with Gasteiger partial charge in [0.2, 0.25) is 5.91 Å². The molecule has 0 radical (unpaired) electrons. The number of esters is 2. The molecule has 0 spiro atoms. The summed E-state index contributed by atoms with van der Waals surface area (Å²) >= 11 is 0.